The molecule has 1 N–H and O–H groups in total. The molecule has 8 nitrogen and oxygen atoms in total. The van der Waals surface area contributed by atoms with Gasteiger partial charge >= 0.3 is 0 Å². The van der Waals surface area contributed by atoms with Gasteiger partial charge in [0.15, 0.2) is 0 Å². The molecule has 1 unspecified atom stereocenters. The van der Waals surface area contributed by atoms with Crippen molar-refractivity contribution in [1.29, 1.82) is 0 Å². The van der Waals surface area contributed by atoms with Crippen LogP contribution >= 0.6 is 15.9 Å². The third kappa shape index (κ3) is 9.18. The number of sulfonamides is 1. The lowest BCUT2D eigenvalue weighted by Gasteiger charge is -2.34. The van der Waals surface area contributed by atoms with Gasteiger partial charge in [0.1, 0.15) is 18.3 Å². The van der Waals surface area contributed by atoms with Crippen LogP contribution < -0.4 is 14.4 Å². The summed E-state index contributed by atoms with van der Waals surface area (Å²) in [4.78, 5) is 29.7. The normalized spacial score (nSPS) is 11.8. The van der Waals surface area contributed by atoms with Gasteiger partial charge in [-0.15, -0.1) is 0 Å². The Morgan fingerprint density at radius 3 is 2.11 bits per heavy atom. The van der Waals surface area contributed by atoms with E-state index in [2.05, 4.69) is 21.2 Å². The van der Waals surface area contributed by atoms with Crippen LogP contribution in [0.3, 0.4) is 0 Å². The van der Waals surface area contributed by atoms with Gasteiger partial charge in [0.05, 0.1) is 17.2 Å². The van der Waals surface area contributed by atoms with Crippen LogP contribution in [0.25, 0.3) is 0 Å². The van der Waals surface area contributed by atoms with E-state index in [1.165, 1.54) is 17.0 Å². The van der Waals surface area contributed by atoms with Gasteiger partial charge in [-0.25, -0.2) is 8.42 Å². The molecular formula is C35H38BrN3O5S. The molecule has 0 aromatic heterocycles. The number of nitrogens with zero attached hydrogens (tertiary/aromatic N) is 2. The minimum atomic E-state index is -4.17. The molecule has 236 valence electrons. The second-order valence-corrected chi connectivity index (χ2v) is 13.2. The Morgan fingerprint density at radius 2 is 1.49 bits per heavy atom. The molecule has 0 bridgehead atoms. The predicted molar refractivity (Wildman–Crippen MR) is 181 cm³/mol. The van der Waals surface area contributed by atoms with Gasteiger partial charge < -0.3 is 15.0 Å². The molecule has 0 heterocycles. The largest absolute Gasteiger partial charge is 0.494 e. The first kappa shape index (κ1) is 33.7. The molecule has 0 saturated heterocycles. The van der Waals surface area contributed by atoms with Crippen LogP contribution in [-0.4, -0.2) is 50.9 Å². The highest BCUT2D eigenvalue weighted by Crippen LogP contribution is 2.27. The fraction of sp³-hybridized carbons (Fsp3) is 0.257. The van der Waals surface area contributed by atoms with Crippen molar-refractivity contribution < 1.29 is 22.7 Å². The summed E-state index contributed by atoms with van der Waals surface area (Å²) in [7, 11) is -4.17. The van der Waals surface area contributed by atoms with E-state index in [0.29, 0.717) is 24.6 Å². The summed E-state index contributed by atoms with van der Waals surface area (Å²) in [5, 5.41) is 2.96. The van der Waals surface area contributed by atoms with Gasteiger partial charge in [0.2, 0.25) is 11.8 Å². The van der Waals surface area contributed by atoms with Crippen molar-refractivity contribution in [3.63, 3.8) is 0 Å². The number of rotatable bonds is 15. The maximum absolute atomic E-state index is 14.5. The summed E-state index contributed by atoms with van der Waals surface area (Å²) in [5.74, 6) is -0.241. The van der Waals surface area contributed by atoms with Crippen LogP contribution in [0.2, 0.25) is 0 Å². The van der Waals surface area contributed by atoms with E-state index in [1.54, 1.807) is 42.5 Å². The smallest absolute Gasteiger partial charge is 0.264 e. The van der Waals surface area contributed by atoms with Gasteiger partial charge in [0.25, 0.3) is 10.0 Å². The van der Waals surface area contributed by atoms with Crippen LogP contribution in [0.15, 0.2) is 119 Å². The number of anilines is 1. The lowest BCUT2D eigenvalue weighted by molar-refractivity contribution is -0.140. The molecule has 0 aliphatic rings. The molecule has 0 fully saturated rings. The SMILES string of the molecule is CCCNC(=O)C(Cc1ccccc1)N(Cc1cccc(Br)c1)C(=O)CN(c1ccc(OCC)cc1)S(=O)(=O)c1ccccc1. The van der Waals surface area contributed by atoms with Crippen LogP contribution in [0, 0.1) is 0 Å². The molecule has 4 rings (SSSR count). The number of hydrogen-bond donors (Lipinski definition) is 1. The summed E-state index contributed by atoms with van der Waals surface area (Å²) in [6.45, 7) is 4.30. The average molecular weight is 693 g/mol. The van der Waals surface area contributed by atoms with Crippen LogP contribution in [0.4, 0.5) is 5.69 Å². The third-order valence-corrected chi connectivity index (χ3v) is 9.39. The monoisotopic (exact) mass is 691 g/mol. The number of nitrogens with one attached hydrogen (secondary N) is 1. The van der Waals surface area contributed by atoms with Gasteiger partial charge in [-0.3, -0.25) is 13.9 Å². The number of carbonyl (C=O) groups is 2. The number of hydrogen-bond acceptors (Lipinski definition) is 5. The Kier molecular flexibility index (Phi) is 12.2. The lowest BCUT2D eigenvalue weighted by atomic mass is 10.0. The number of ether oxygens (including phenoxy) is 1. The third-order valence-electron chi connectivity index (χ3n) is 7.11. The van der Waals surface area contributed by atoms with E-state index < -0.39 is 28.5 Å². The molecule has 4 aromatic carbocycles. The summed E-state index contributed by atoms with van der Waals surface area (Å²) in [6, 6.07) is 30.7. The molecule has 4 aromatic rings. The quantitative estimate of drug-likeness (QED) is 0.160. The summed E-state index contributed by atoms with van der Waals surface area (Å²) in [6.07, 6.45) is 0.981. The first-order chi connectivity index (χ1) is 21.7. The average Bonchev–Trinajstić information content (AvgIpc) is 3.05. The molecule has 0 aliphatic carbocycles. The van der Waals surface area contributed by atoms with Crippen LogP contribution in [-0.2, 0) is 32.6 Å². The van der Waals surface area contributed by atoms with Crippen molar-refractivity contribution in [3.8, 4) is 5.75 Å². The number of amides is 2. The molecule has 0 radical (unpaired) electrons. The summed E-state index contributed by atoms with van der Waals surface area (Å²) >= 11 is 3.50. The van der Waals surface area contributed by atoms with Crippen molar-refractivity contribution in [3.05, 3.63) is 125 Å². The Hall–Kier alpha value is -4.15. The molecular weight excluding hydrogens is 654 g/mol. The highest BCUT2D eigenvalue weighted by Gasteiger charge is 2.34. The molecule has 2 amide bonds. The van der Waals surface area contributed by atoms with Gasteiger partial charge in [-0.05, 0) is 73.0 Å². The van der Waals surface area contributed by atoms with E-state index in [9.17, 15) is 18.0 Å². The van der Waals surface area contributed by atoms with Crippen LogP contribution in [0.1, 0.15) is 31.4 Å². The van der Waals surface area contributed by atoms with Gasteiger partial charge in [-0.2, -0.15) is 0 Å². The van der Waals surface area contributed by atoms with E-state index in [4.69, 9.17) is 4.74 Å². The first-order valence-corrected chi connectivity index (χ1v) is 17.1. The maximum Gasteiger partial charge on any atom is 0.264 e. The fourth-order valence-corrected chi connectivity index (χ4v) is 6.76. The second-order valence-electron chi connectivity index (χ2n) is 10.4. The van der Waals surface area contributed by atoms with Crippen LogP contribution in [0.5, 0.6) is 5.75 Å². The maximum atomic E-state index is 14.5. The lowest BCUT2D eigenvalue weighted by Crippen LogP contribution is -2.53. The van der Waals surface area contributed by atoms with Gasteiger partial charge in [-0.1, -0.05) is 83.5 Å². The summed E-state index contributed by atoms with van der Waals surface area (Å²) < 4.78 is 35.6. The molecule has 1 atom stereocenters. The minimum absolute atomic E-state index is 0.0479. The predicted octanol–water partition coefficient (Wildman–Crippen LogP) is 6.21. The summed E-state index contributed by atoms with van der Waals surface area (Å²) in [5.41, 5.74) is 1.96. The minimum Gasteiger partial charge on any atom is -0.494 e. The standard InChI is InChI=1S/C35H38BrN3O5S/c1-3-22-37-35(41)33(24-27-12-7-5-8-13-27)38(25-28-14-11-15-29(36)23-28)34(40)26-39(30-18-20-31(21-19-30)44-4-2)45(42,43)32-16-9-6-10-17-32/h5-21,23,33H,3-4,22,24-26H2,1-2H3,(H,37,41). The zero-order valence-electron chi connectivity index (χ0n) is 25.4. The molecule has 45 heavy (non-hydrogen) atoms. The highest BCUT2D eigenvalue weighted by atomic mass is 79.9. The Morgan fingerprint density at radius 1 is 0.844 bits per heavy atom. The molecule has 0 saturated carbocycles. The van der Waals surface area contributed by atoms with E-state index in [-0.39, 0.29) is 23.8 Å². The Bertz CT molecular complexity index is 1650. The van der Waals surface area contributed by atoms with Crippen molar-refractivity contribution >= 4 is 43.5 Å². The number of benzene rings is 4. The number of carbonyl (C=O) groups excluding carboxylic acids is 2. The van der Waals surface area contributed by atoms with E-state index in [1.807, 2.05) is 68.4 Å². The van der Waals surface area contributed by atoms with Gasteiger partial charge in [0, 0.05) is 24.0 Å². The Labute approximate surface area is 274 Å². The van der Waals surface area contributed by atoms with E-state index >= 15 is 0 Å². The zero-order valence-corrected chi connectivity index (χ0v) is 27.8. The zero-order chi connectivity index (χ0) is 32.2. The van der Waals surface area contributed by atoms with Crippen molar-refractivity contribution in [2.75, 3.05) is 24.0 Å². The van der Waals surface area contributed by atoms with E-state index in [0.717, 1.165) is 26.3 Å². The molecule has 0 aliphatic heterocycles. The second kappa shape index (κ2) is 16.2. The topological polar surface area (TPSA) is 96.0 Å². The van der Waals surface area contributed by atoms with Crippen molar-refractivity contribution in [2.24, 2.45) is 0 Å². The van der Waals surface area contributed by atoms with Crippen molar-refractivity contribution in [1.82, 2.24) is 10.2 Å². The fourth-order valence-electron chi connectivity index (χ4n) is 4.88. The Balaban J connectivity index is 1.78. The number of halogens is 1. The van der Waals surface area contributed by atoms with Crippen molar-refractivity contribution in [2.45, 2.75) is 44.2 Å². The highest BCUT2D eigenvalue weighted by molar-refractivity contribution is 9.10. The molecule has 10 heteroatoms. The molecule has 0 spiro atoms. The first-order valence-electron chi connectivity index (χ1n) is 14.9.